The van der Waals surface area contributed by atoms with E-state index >= 15 is 0 Å². The fourth-order valence-electron chi connectivity index (χ4n) is 3.50. The van der Waals surface area contributed by atoms with Gasteiger partial charge in [-0.05, 0) is 36.8 Å². The Labute approximate surface area is 172 Å². The van der Waals surface area contributed by atoms with Crippen LogP contribution >= 0.6 is 0 Å². The zero-order valence-corrected chi connectivity index (χ0v) is 16.2. The van der Waals surface area contributed by atoms with E-state index in [1.54, 1.807) is 18.2 Å². The summed E-state index contributed by atoms with van der Waals surface area (Å²) in [4.78, 5) is 43.8. The van der Waals surface area contributed by atoms with Gasteiger partial charge in [-0.25, -0.2) is 14.6 Å². The molecular formula is C21H15N3O7. The van der Waals surface area contributed by atoms with Crippen LogP contribution in [0, 0.1) is 6.92 Å². The predicted octanol–water partition coefficient (Wildman–Crippen LogP) is 1.50. The molecule has 0 aliphatic carbocycles. The van der Waals surface area contributed by atoms with Crippen molar-refractivity contribution in [3.8, 4) is 28.5 Å². The maximum absolute atomic E-state index is 12.6. The van der Waals surface area contributed by atoms with Crippen molar-refractivity contribution in [1.82, 2.24) is 14.5 Å². The van der Waals surface area contributed by atoms with Crippen molar-refractivity contribution in [2.24, 2.45) is 0 Å². The highest BCUT2D eigenvalue weighted by molar-refractivity contribution is 5.78. The number of fused-ring (bicyclic) bond motifs is 2. The van der Waals surface area contributed by atoms with Crippen LogP contribution in [0.15, 0.2) is 55.2 Å². The summed E-state index contributed by atoms with van der Waals surface area (Å²) in [6, 6.07) is 9.36. The molecule has 0 radical (unpaired) electrons. The van der Waals surface area contributed by atoms with Crippen molar-refractivity contribution < 1.29 is 19.0 Å². The molecule has 0 unspecified atom stereocenters. The first kappa shape index (κ1) is 18.7. The molecule has 0 amide bonds. The topological polar surface area (TPSA) is 137 Å². The second-order valence-electron chi connectivity index (χ2n) is 7.01. The number of nitrogens with zero attached hydrogens (tertiary/aromatic N) is 2. The van der Waals surface area contributed by atoms with E-state index in [-0.39, 0.29) is 47.1 Å². The molecule has 5 rings (SSSR count). The minimum atomic E-state index is -0.779. The Morgan fingerprint density at radius 3 is 2.71 bits per heavy atom. The SMILES string of the molecule is Cc1cc(O)c(-c2ccc3c(=O)[nH]c(=O)n(Cc4ccc5c(c4)OCO5)c3n2)c(=O)o1. The molecule has 1 aliphatic heterocycles. The lowest BCUT2D eigenvalue weighted by Gasteiger charge is -2.11. The maximum atomic E-state index is 12.6. The molecule has 1 aliphatic rings. The Hall–Kier alpha value is -4.34. The molecule has 2 N–H and O–H groups in total. The molecule has 0 bridgehead atoms. The minimum absolute atomic E-state index is 0.0586. The lowest BCUT2D eigenvalue weighted by atomic mass is 10.1. The van der Waals surface area contributed by atoms with Crippen LogP contribution < -0.4 is 26.3 Å². The fourth-order valence-corrected chi connectivity index (χ4v) is 3.50. The summed E-state index contributed by atoms with van der Waals surface area (Å²) in [5, 5.41) is 10.4. The van der Waals surface area contributed by atoms with Gasteiger partial charge in [0.15, 0.2) is 17.1 Å². The van der Waals surface area contributed by atoms with Gasteiger partial charge in [-0.15, -0.1) is 0 Å². The average Bonchev–Trinajstić information content (AvgIpc) is 3.18. The third-order valence-electron chi connectivity index (χ3n) is 4.93. The maximum Gasteiger partial charge on any atom is 0.349 e. The molecule has 10 nitrogen and oxygen atoms in total. The van der Waals surface area contributed by atoms with Crippen molar-refractivity contribution in [3.63, 3.8) is 0 Å². The van der Waals surface area contributed by atoms with E-state index in [0.717, 1.165) is 0 Å². The normalized spacial score (nSPS) is 12.4. The van der Waals surface area contributed by atoms with Gasteiger partial charge in [0, 0.05) is 6.07 Å². The Balaban J connectivity index is 1.70. The number of ether oxygens (including phenoxy) is 2. The highest BCUT2D eigenvalue weighted by atomic mass is 16.7. The van der Waals surface area contributed by atoms with E-state index < -0.39 is 16.9 Å². The molecule has 3 aromatic heterocycles. The summed E-state index contributed by atoms with van der Waals surface area (Å²) in [7, 11) is 0. The summed E-state index contributed by atoms with van der Waals surface area (Å²) in [6.45, 7) is 1.73. The van der Waals surface area contributed by atoms with Gasteiger partial charge < -0.3 is 19.0 Å². The van der Waals surface area contributed by atoms with Crippen LogP contribution in [-0.2, 0) is 6.54 Å². The zero-order chi connectivity index (χ0) is 21.7. The van der Waals surface area contributed by atoms with Gasteiger partial charge in [-0.1, -0.05) is 6.07 Å². The van der Waals surface area contributed by atoms with Crippen molar-refractivity contribution in [2.75, 3.05) is 6.79 Å². The van der Waals surface area contributed by atoms with Crippen LogP contribution in [0.5, 0.6) is 17.2 Å². The van der Waals surface area contributed by atoms with Gasteiger partial charge in [0.2, 0.25) is 6.79 Å². The van der Waals surface area contributed by atoms with Gasteiger partial charge in [-0.3, -0.25) is 14.3 Å². The van der Waals surface area contributed by atoms with Gasteiger partial charge in [0.1, 0.15) is 17.1 Å². The molecule has 1 aromatic carbocycles. The third kappa shape index (κ3) is 3.14. The number of aryl methyl sites for hydroxylation is 1. The molecule has 31 heavy (non-hydrogen) atoms. The molecule has 0 saturated carbocycles. The molecule has 156 valence electrons. The summed E-state index contributed by atoms with van der Waals surface area (Å²) in [5.41, 5.74) is -1.37. The summed E-state index contributed by atoms with van der Waals surface area (Å²) >= 11 is 0. The van der Waals surface area contributed by atoms with E-state index in [9.17, 15) is 19.5 Å². The largest absolute Gasteiger partial charge is 0.507 e. The quantitative estimate of drug-likeness (QED) is 0.508. The van der Waals surface area contributed by atoms with Gasteiger partial charge in [0.05, 0.1) is 17.6 Å². The lowest BCUT2D eigenvalue weighted by Crippen LogP contribution is -2.31. The van der Waals surface area contributed by atoms with E-state index in [2.05, 4.69) is 9.97 Å². The average molecular weight is 421 g/mol. The number of aromatic amines is 1. The second kappa shape index (κ2) is 6.87. The standard InChI is InChI=1S/C21H15N3O7/c1-10-6-14(25)17(20(27)31-10)13-4-3-12-18(22-13)24(21(28)23-19(12)26)8-11-2-5-15-16(7-11)30-9-29-15/h2-7,25H,8-9H2,1H3,(H,23,26,28). The zero-order valence-electron chi connectivity index (χ0n) is 16.2. The molecule has 0 spiro atoms. The van der Waals surface area contributed by atoms with Crippen LogP contribution in [0.2, 0.25) is 0 Å². The van der Waals surface area contributed by atoms with Gasteiger partial charge in [0.25, 0.3) is 5.56 Å². The minimum Gasteiger partial charge on any atom is -0.507 e. The molecule has 4 aromatic rings. The predicted molar refractivity (Wildman–Crippen MR) is 109 cm³/mol. The van der Waals surface area contributed by atoms with E-state index in [4.69, 9.17) is 13.9 Å². The number of nitrogens with one attached hydrogen (secondary N) is 1. The monoisotopic (exact) mass is 421 g/mol. The molecule has 0 saturated heterocycles. The number of H-pyrrole nitrogens is 1. The summed E-state index contributed by atoms with van der Waals surface area (Å²) in [5.74, 6) is 1.08. The smallest absolute Gasteiger partial charge is 0.349 e. The van der Waals surface area contributed by atoms with E-state index in [1.807, 2.05) is 0 Å². The number of aromatic hydroxyl groups is 1. The van der Waals surface area contributed by atoms with Crippen LogP contribution in [0.4, 0.5) is 0 Å². The van der Waals surface area contributed by atoms with E-state index in [0.29, 0.717) is 17.1 Å². The summed E-state index contributed by atoms with van der Waals surface area (Å²) < 4.78 is 17.0. The Kier molecular flexibility index (Phi) is 4.14. The molecule has 0 atom stereocenters. The first-order valence-electron chi connectivity index (χ1n) is 9.27. The highest BCUT2D eigenvalue weighted by Crippen LogP contribution is 2.33. The lowest BCUT2D eigenvalue weighted by molar-refractivity contribution is 0.174. The fraction of sp³-hybridized carbons (Fsp3) is 0.143. The highest BCUT2D eigenvalue weighted by Gasteiger charge is 2.18. The van der Waals surface area contributed by atoms with Crippen molar-refractivity contribution in [3.05, 3.63) is 79.0 Å². The number of pyridine rings is 1. The van der Waals surface area contributed by atoms with Crippen molar-refractivity contribution in [2.45, 2.75) is 13.5 Å². The Bertz CT molecular complexity index is 1530. The molecular weight excluding hydrogens is 406 g/mol. The first-order chi connectivity index (χ1) is 14.9. The number of hydrogen-bond acceptors (Lipinski definition) is 8. The molecule has 0 fully saturated rings. The van der Waals surface area contributed by atoms with Crippen LogP contribution in [-0.4, -0.2) is 26.4 Å². The number of aromatic nitrogens is 3. The van der Waals surface area contributed by atoms with Crippen LogP contribution in [0.1, 0.15) is 11.3 Å². The van der Waals surface area contributed by atoms with Crippen molar-refractivity contribution in [1.29, 1.82) is 0 Å². The first-order valence-corrected chi connectivity index (χ1v) is 9.27. The van der Waals surface area contributed by atoms with Gasteiger partial charge in [-0.2, -0.15) is 0 Å². The number of rotatable bonds is 3. The Morgan fingerprint density at radius 1 is 1.10 bits per heavy atom. The Morgan fingerprint density at radius 2 is 1.90 bits per heavy atom. The van der Waals surface area contributed by atoms with Crippen LogP contribution in [0.25, 0.3) is 22.3 Å². The molecule has 10 heteroatoms. The van der Waals surface area contributed by atoms with E-state index in [1.165, 1.54) is 29.7 Å². The third-order valence-corrected chi connectivity index (χ3v) is 4.93. The molecule has 4 heterocycles. The summed E-state index contributed by atoms with van der Waals surface area (Å²) in [6.07, 6.45) is 0. The number of hydrogen-bond donors (Lipinski definition) is 2. The van der Waals surface area contributed by atoms with Crippen molar-refractivity contribution >= 4 is 11.0 Å². The van der Waals surface area contributed by atoms with Crippen LogP contribution in [0.3, 0.4) is 0 Å². The second-order valence-corrected chi connectivity index (χ2v) is 7.01. The number of benzene rings is 1. The van der Waals surface area contributed by atoms with Gasteiger partial charge >= 0.3 is 11.3 Å².